The van der Waals surface area contributed by atoms with E-state index in [4.69, 9.17) is 0 Å². The molecule has 1 amide bonds. The molecule has 0 saturated carbocycles. The molecule has 118 valence electrons. The minimum atomic E-state index is -0.461. The zero-order chi connectivity index (χ0) is 14.8. The van der Waals surface area contributed by atoms with Gasteiger partial charge in [-0.15, -0.1) is 17.5 Å². The maximum Gasteiger partial charge on any atom is 0.241 e. The Bertz CT molecular complexity index is 661. The first kappa shape index (κ1) is 16.3. The Morgan fingerprint density at radius 1 is 1.50 bits per heavy atom. The third kappa shape index (κ3) is 3.41. The number of nitrogens with zero attached hydrogens (tertiary/aromatic N) is 4. The van der Waals surface area contributed by atoms with Gasteiger partial charge in [0.05, 0.1) is 12.1 Å². The molecule has 1 aromatic heterocycles. The Morgan fingerprint density at radius 3 is 2.95 bits per heavy atom. The molecule has 3 rings (SSSR count). The second kappa shape index (κ2) is 6.82. The van der Waals surface area contributed by atoms with Crippen LogP contribution in [0.4, 0.5) is 5.69 Å². The van der Waals surface area contributed by atoms with Crippen molar-refractivity contribution < 1.29 is 9.90 Å². The number of β-amino-alcohol motifs (C(OH)–C–C–N with tert-alkyl or cyclic N) is 1. The SMILES string of the molecule is Cl.Cn1nnnc1-c1cccc(NC(=O)C2CC(O)CN2)c1. The van der Waals surface area contributed by atoms with Crippen molar-refractivity contribution in [2.45, 2.75) is 18.6 Å². The number of tetrazole rings is 1. The normalized spacial score (nSPS) is 20.5. The van der Waals surface area contributed by atoms with Gasteiger partial charge >= 0.3 is 0 Å². The van der Waals surface area contributed by atoms with E-state index >= 15 is 0 Å². The summed E-state index contributed by atoms with van der Waals surface area (Å²) >= 11 is 0. The summed E-state index contributed by atoms with van der Waals surface area (Å²) in [6, 6.07) is 6.96. The summed E-state index contributed by atoms with van der Waals surface area (Å²) < 4.78 is 1.57. The highest BCUT2D eigenvalue weighted by atomic mass is 35.5. The number of amides is 1. The number of anilines is 1. The van der Waals surface area contributed by atoms with Gasteiger partial charge in [0, 0.05) is 24.8 Å². The first-order valence-electron chi connectivity index (χ1n) is 6.68. The number of hydrogen-bond donors (Lipinski definition) is 3. The van der Waals surface area contributed by atoms with Crippen LogP contribution in [-0.4, -0.2) is 49.9 Å². The maximum atomic E-state index is 12.1. The molecule has 1 saturated heterocycles. The Morgan fingerprint density at radius 2 is 2.32 bits per heavy atom. The molecule has 3 N–H and O–H groups in total. The molecule has 2 aromatic rings. The predicted molar refractivity (Wildman–Crippen MR) is 82.5 cm³/mol. The van der Waals surface area contributed by atoms with Crippen LogP contribution in [0.25, 0.3) is 11.4 Å². The van der Waals surface area contributed by atoms with Crippen LogP contribution in [0.15, 0.2) is 24.3 Å². The molecule has 0 spiro atoms. The van der Waals surface area contributed by atoms with Crippen LogP contribution in [0.2, 0.25) is 0 Å². The molecular formula is C13H17ClN6O2. The van der Waals surface area contributed by atoms with Crippen LogP contribution in [0.3, 0.4) is 0 Å². The minimum Gasteiger partial charge on any atom is -0.392 e. The molecule has 22 heavy (non-hydrogen) atoms. The molecule has 1 aromatic carbocycles. The number of aryl methyl sites for hydroxylation is 1. The third-order valence-electron chi connectivity index (χ3n) is 3.43. The van der Waals surface area contributed by atoms with Gasteiger partial charge in [-0.2, -0.15) is 0 Å². The topological polar surface area (TPSA) is 105 Å². The van der Waals surface area contributed by atoms with Gasteiger partial charge in [-0.25, -0.2) is 4.68 Å². The first-order valence-corrected chi connectivity index (χ1v) is 6.68. The third-order valence-corrected chi connectivity index (χ3v) is 3.43. The molecule has 0 radical (unpaired) electrons. The van der Waals surface area contributed by atoms with Crippen molar-refractivity contribution in [3.8, 4) is 11.4 Å². The number of rotatable bonds is 3. The van der Waals surface area contributed by atoms with Crippen molar-refractivity contribution in [3.63, 3.8) is 0 Å². The number of benzene rings is 1. The molecule has 1 aliphatic heterocycles. The van der Waals surface area contributed by atoms with E-state index in [9.17, 15) is 9.90 Å². The summed E-state index contributed by atoms with van der Waals surface area (Å²) in [7, 11) is 1.75. The standard InChI is InChI=1S/C13H16N6O2.ClH/c1-19-12(16-17-18-19)8-3-2-4-9(5-8)15-13(21)11-6-10(20)7-14-11;/h2-5,10-11,14,20H,6-7H2,1H3,(H,15,21);1H. The largest absolute Gasteiger partial charge is 0.392 e. The van der Waals surface area contributed by atoms with Gasteiger partial charge < -0.3 is 15.7 Å². The van der Waals surface area contributed by atoms with Gasteiger partial charge in [0.1, 0.15) is 0 Å². The predicted octanol–water partition coefficient (Wildman–Crippen LogP) is -0.0398. The van der Waals surface area contributed by atoms with Crippen molar-refractivity contribution in [1.29, 1.82) is 0 Å². The number of nitrogens with one attached hydrogen (secondary N) is 2. The fourth-order valence-corrected chi connectivity index (χ4v) is 2.36. The van der Waals surface area contributed by atoms with Crippen LogP contribution in [0, 0.1) is 0 Å². The van der Waals surface area contributed by atoms with Crippen molar-refractivity contribution in [2.75, 3.05) is 11.9 Å². The Hall–Kier alpha value is -2.03. The zero-order valence-electron chi connectivity index (χ0n) is 11.9. The molecule has 9 heteroatoms. The molecule has 0 aliphatic carbocycles. The van der Waals surface area contributed by atoms with Crippen LogP contribution < -0.4 is 10.6 Å². The fourth-order valence-electron chi connectivity index (χ4n) is 2.36. The molecule has 1 aliphatic rings. The molecule has 0 bridgehead atoms. The summed E-state index contributed by atoms with van der Waals surface area (Å²) in [6.45, 7) is 0.447. The quantitative estimate of drug-likeness (QED) is 0.732. The lowest BCUT2D eigenvalue weighted by molar-refractivity contribution is -0.117. The van der Waals surface area contributed by atoms with Gasteiger partial charge in [0.15, 0.2) is 5.82 Å². The van der Waals surface area contributed by atoms with Crippen molar-refractivity contribution in [1.82, 2.24) is 25.5 Å². The second-order valence-corrected chi connectivity index (χ2v) is 5.05. The Kier molecular flexibility index (Phi) is 5.07. The molecule has 2 heterocycles. The summed E-state index contributed by atoms with van der Waals surface area (Å²) in [5.74, 6) is 0.473. The fraction of sp³-hybridized carbons (Fsp3) is 0.385. The van der Waals surface area contributed by atoms with E-state index in [-0.39, 0.29) is 24.4 Å². The number of carbonyl (C=O) groups excluding carboxylic acids is 1. The molecule has 2 unspecified atom stereocenters. The second-order valence-electron chi connectivity index (χ2n) is 5.05. The number of hydrogen-bond acceptors (Lipinski definition) is 6. The molecule has 2 atom stereocenters. The lowest BCUT2D eigenvalue weighted by atomic mass is 10.1. The highest BCUT2D eigenvalue weighted by Crippen LogP contribution is 2.20. The first-order chi connectivity index (χ1) is 10.1. The van der Waals surface area contributed by atoms with Gasteiger partial charge in [-0.1, -0.05) is 12.1 Å². The molecule has 1 fully saturated rings. The number of carbonyl (C=O) groups is 1. The van der Waals surface area contributed by atoms with Gasteiger partial charge in [-0.3, -0.25) is 4.79 Å². The summed E-state index contributed by atoms with van der Waals surface area (Å²) in [5, 5.41) is 26.6. The lowest BCUT2D eigenvalue weighted by Gasteiger charge is -2.11. The van der Waals surface area contributed by atoms with Crippen LogP contribution in [0.1, 0.15) is 6.42 Å². The highest BCUT2D eigenvalue weighted by Gasteiger charge is 2.28. The van der Waals surface area contributed by atoms with Crippen LogP contribution in [-0.2, 0) is 11.8 Å². The summed E-state index contributed by atoms with van der Waals surface area (Å²) in [6.07, 6.45) is -0.0320. The number of aliphatic hydroxyl groups excluding tert-OH is 1. The highest BCUT2D eigenvalue weighted by molar-refractivity contribution is 5.95. The molecular weight excluding hydrogens is 308 g/mol. The van der Waals surface area contributed by atoms with Crippen molar-refractivity contribution >= 4 is 24.0 Å². The number of aliphatic hydroxyl groups is 1. The van der Waals surface area contributed by atoms with E-state index < -0.39 is 6.10 Å². The minimum absolute atomic E-state index is 0. The van der Waals surface area contributed by atoms with E-state index in [1.165, 1.54) is 0 Å². The van der Waals surface area contributed by atoms with Crippen LogP contribution >= 0.6 is 12.4 Å². The van der Waals surface area contributed by atoms with E-state index in [1.54, 1.807) is 17.8 Å². The van der Waals surface area contributed by atoms with Gasteiger partial charge in [0.25, 0.3) is 0 Å². The number of aromatic nitrogens is 4. The van der Waals surface area contributed by atoms with Crippen molar-refractivity contribution in [2.24, 2.45) is 7.05 Å². The monoisotopic (exact) mass is 324 g/mol. The Labute approximate surface area is 133 Å². The van der Waals surface area contributed by atoms with Crippen LogP contribution in [0.5, 0.6) is 0 Å². The molecule has 8 nitrogen and oxygen atoms in total. The average molecular weight is 325 g/mol. The Balaban J connectivity index is 0.00000176. The van der Waals surface area contributed by atoms with E-state index in [2.05, 4.69) is 26.2 Å². The summed E-state index contributed by atoms with van der Waals surface area (Å²) in [4.78, 5) is 12.1. The average Bonchev–Trinajstić information content (AvgIpc) is 3.08. The number of halogens is 1. The van der Waals surface area contributed by atoms with E-state index in [0.29, 0.717) is 24.5 Å². The maximum absolute atomic E-state index is 12.1. The smallest absolute Gasteiger partial charge is 0.241 e. The van der Waals surface area contributed by atoms with Crippen molar-refractivity contribution in [3.05, 3.63) is 24.3 Å². The lowest BCUT2D eigenvalue weighted by Crippen LogP contribution is -2.35. The zero-order valence-corrected chi connectivity index (χ0v) is 12.7. The van der Waals surface area contributed by atoms with Gasteiger partial charge in [0.2, 0.25) is 5.91 Å². The van der Waals surface area contributed by atoms with Gasteiger partial charge in [-0.05, 0) is 29.0 Å². The van der Waals surface area contributed by atoms with E-state index in [1.807, 2.05) is 18.2 Å². The van der Waals surface area contributed by atoms with E-state index in [0.717, 1.165) is 5.56 Å². The summed E-state index contributed by atoms with van der Waals surface area (Å²) in [5.41, 5.74) is 1.49.